The normalized spacial score (nSPS) is 26.5. The molecule has 2 N–H and O–H groups in total. The van der Waals surface area contributed by atoms with Gasteiger partial charge in [-0.25, -0.2) is 0 Å². The third-order valence-corrected chi connectivity index (χ3v) is 13.4. The number of carbonyl (C=O) groups is 4. The van der Waals surface area contributed by atoms with E-state index < -0.39 is 17.9 Å². The fourth-order valence-corrected chi connectivity index (χ4v) is 10.5. The SMILES string of the molecule is O=C1NC[C@H](c2ccccc2)C1[C@@H]1C(=O)N([C@@H](CCC(=O)N2CCN(C3CCCCC3)CC2)C(=O)N[C@@H]2CCCc3ccccc32)[C@@H]1CCc1ccccc1. The van der Waals surface area contributed by atoms with Crippen molar-refractivity contribution in [2.75, 3.05) is 32.7 Å². The number of hydrogen-bond acceptors (Lipinski definition) is 5. The van der Waals surface area contributed by atoms with Crippen LogP contribution in [0.1, 0.15) is 98.4 Å². The maximum absolute atomic E-state index is 14.7. The zero-order valence-electron chi connectivity index (χ0n) is 32.1. The number of rotatable bonds is 12. The van der Waals surface area contributed by atoms with E-state index in [0.717, 1.165) is 49.0 Å². The molecule has 3 heterocycles. The summed E-state index contributed by atoms with van der Waals surface area (Å²) < 4.78 is 0. The van der Waals surface area contributed by atoms with Gasteiger partial charge in [0.25, 0.3) is 0 Å². The van der Waals surface area contributed by atoms with Crippen molar-refractivity contribution >= 4 is 23.6 Å². The first-order valence-electron chi connectivity index (χ1n) is 21.0. The predicted octanol–water partition coefficient (Wildman–Crippen LogP) is 5.80. The molecule has 0 radical (unpaired) electrons. The molecule has 0 bridgehead atoms. The van der Waals surface area contributed by atoms with Gasteiger partial charge in [-0.05, 0) is 73.6 Å². The van der Waals surface area contributed by atoms with Gasteiger partial charge in [-0.2, -0.15) is 0 Å². The number of hydrogen-bond donors (Lipinski definition) is 2. The molecule has 3 aromatic carbocycles. The predicted molar refractivity (Wildman–Crippen MR) is 213 cm³/mol. The maximum atomic E-state index is 14.7. The minimum atomic E-state index is -0.814. The first-order chi connectivity index (χ1) is 27.0. The van der Waals surface area contributed by atoms with Crippen LogP contribution in [0.25, 0.3) is 0 Å². The van der Waals surface area contributed by atoms with Crippen molar-refractivity contribution in [3.05, 3.63) is 107 Å². The summed E-state index contributed by atoms with van der Waals surface area (Å²) in [4.78, 5) is 63.3. The van der Waals surface area contributed by atoms with Gasteiger partial charge in [-0.15, -0.1) is 0 Å². The highest BCUT2D eigenvalue weighted by Crippen LogP contribution is 2.46. The quantitative estimate of drug-likeness (QED) is 0.229. The van der Waals surface area contributed by atoms with Crippen molar-refractivity contribution in [2.24, 2.45) is 11.8 Å². The smallest absolute Gasteiger partial charge is 0.243 e. The van der Waals surface area contributed by atoms with Crippen LogP contribution in [0, 0.1) is 11.8 Å². The van der Waals surface area contributed by atoms with E-state index in [9.17, 15) is 19.2 Å². The van der Waals surface area contributed by atoms with Crippen LogP contribution in [0.15, 0.2) is 84.9 Å². The molecule has 3 aromatic rings. The molecule has 3 aliphatic heterocycles. The van der Waals surface area contributed by atoms with Crippen molar-refractivity contribution in [2.45, 2.75) is 107 Å². The summed E-state index contributed by atoms with van der Waals surface area (Å²) in [5.41, 5.74) is 4.57. The number of β-lactam (4-membered cyclic amide) rings is 1. The highest BCUT2D eigenvalue weighted by molar-refractivity contribution is 5.97. The number of likely N-dealkylation sites (tertiary alicyclic amines) is 1. The van der Waals surface area contributed by atoms with Crippen LogP contribution in [0.4, 0.5) is 0 Å². The number of amides is 4. The van der Waals surface area contributed by atoms with Crippen molar-refractivity contribution in [1.82, 2.24) is 25.3 Å². The zero-order chi connectivity index (χ0) is 37.7. The molecule has 5 aliphatic rings. The van der Waals surface area contributed by atoms with E-state index in [0.29, 0.717) is 38.5 Å². The largest absolute Gasteiger partial charge is 0.355 e. The van der Waals surface area contributed by atoms with E-state index >= 15 is 0 Å². The van der Waals surface area contributed by atoms with Crippen LogP contribution >= 0.6 is 0 Å². The van der Waals surface area contributed by atoms with Gasteiger partial charge in [0.1, 0.15) is 6.04 Å². The molecule has 8 rings (SSSR count). The fourth-order valence-electron chi connectivity index (χ4n) is 10.5. The van der Waals surface area contributed by atoms with Gasteiger partial charge < -0.3 is 20.4 Å². The van der Waals surface area contributed by atoms with Gasteiger partial charge in [-0.1, -0.05) is 104 Å². The Morgan fingerprint density at radius 2 is 1.49 bits per heavy atom. The van der Waals surface area contributed by atoms with E-state index in [1.54, 1.807) is 4.90 Å². The highest BCUT2D eigenvalue weighted by atomic mass is 16.2. The summed E-state index contributed by atoms with van der Waals surface area (Å²) in [5, 5.41) is 6.44. The lowest BCUT2D eigenvalue weighted by Gasteiger charge is -2.53. The van der Waals surface area contributed by atoms with Crippen LogP contribution < -0.4 is 10.6 Å². The van der Waals surface area contributed by atoms with Gasteiger partial charge in [-0.3, -0.25) is 24.1 Å². The standard InChI is InChI=1S/C46H57N5O4/c52-41(50-29-27-49(28-30-50)35-19-8-3-9-20-35)26-25-40(44(53)48-38-22-12-18-33-17-10-11-21-36(33)38)51-39(24-23-32-13-4-1-5-14-32)43(46(51)55)42-37(31-47-45(42)54)34-15-6-2-7-16-34/h1-2,4-7,10-11,13-17,21,35,37-40,42-43H,3,8-9,12,18-20,22-31H2,(H,47,54)(H,48,53)/t37-,38-,39-,40+,42?,43-/m1/s1. The maximum Gasteiger partial charge on any atom is 0.243 e. The Bertz CT molecular complexity index is 1800. The Morgan fingerprint density at radius 3 is 2.25 bits per heavy atom. The Balaban J connectivity index is 1.04. The van der Waals surface area contributed by atoms with Gasteiger partial charge in [0.15, 0.2) is 0 Å². The molecule has 55 heavy (non-hydrogen) atoms. The third-order valence-electron chi connectivity index (χ3n) is 13.4. The summed E-state index contributed by atoms with van der Waals surface area (Å²) in [6.07, 6.45) is 11.0. The van der Waals surface area contributed by atoms with E-state index in [2.05, 4.69) is 39.8 Å². The average Bonchev–Trinajstić information content (AvgIpc) is 3.61. The molecular weight excluding hydrogens is 687 g/mol. The van der Waals surface area contributed by atoms with Crippen molar-refractivity contribution in [3.8, 4) is 0 Å². The number of benzene rings is 3. The summed E-state index contributed by atoms with van der Waals surface area (Å²) in [5.74, 6) is -1.62. The molecule has 1 saturated carbocycles. The van der Waals surface area contributed by atoms with Gasteiger partial charge in [0, 0.05) is 57.1 Å². The van der Waals surface area contributed by atoms with Crippen LogP contribution in [0.2, 0.25) is 0 Å². The topological polar surface area (TPSA) is 102 Å². The van der Waals surface area contributed by atoms with E-state index in [-0.39, 0.29) is 54.5 Å². The second kappa shape index (κ2) is 17.1. The molecule has 9 nitrogen and oxygen atoms in total. The molecule has 1 unspecified atom stereocenters. The van der Waals surface area contributed by atoms with E-state index in [1.165, 1.54) is 37.7 Å². The molecule has 9 heteroatoms. The first kappa shape index (κ1) is 37.4. The number of fused-ring (bicyclic) bond motifs is 1. The third kappa shape index (κ3) is 8.09. The molecule has 4 fully saturated rings. The number of piperazine rings is 1. The number of nitrogens with one attached hydrogen (secondary N) is 2. The first-order valence-corrected chi connectivity index (χ1v) is 21.0. The lowest BCUT2D eigenvalue weighted by Crippen LogP contribution is -2.70. The Labute approximate surface area is 326 Å². The summed E-state index contributed by atoms with van der Waals surface area (Å²) >= 11 is 0. The molecule has 6 atom stereocenters. The van der Waals surface area contributed by atoms with Gasteiger partial charge >= 0.3 is 0 Å². The van der Waals surface area contributed by atoms with Crippen molar-refractivity contribution in [1.29, 1.82) is 0 Å². The van der Waals surface area contributed by atoms with E-state index in [4.69, 9.17) is 0 Å². The molecule has 0 spiro atoms. The second-order valence-corrected chi connectivity index (χ2v) is 16.6. The van der Waals surface area contributed by atoms with Gasteiger partial charge in [0.05, 0.1) is 17.9 Å². The van der Waals surface area contributed by atoms with Crippen LogP contribution in [-0.2, 0) is 32.0 Å². The van der Waals surface area contributed by atoms with Crippen LogP contribution in [-0.4, -0.2) is 89.2 Å². The molecule has 2 aliphatic carbocycles. The summed E-state index contributed by atoms with van der Waals surface area (Å²) in [6.45, 7) is 3.67. The van der Waals surface area contributed by atoms with Crippen LogP contribution in [0.5, 0.6) is 0 Å². The Morgan fingerprint density at radius 1 is 0.782 bits per heavy atom. The molecule has 290 valence electrons. The van der Waals surface area contributed by atoms with Crippen LogP contribution in [0.3, 0.4) is 0 Å². The van der Waals surface area contributed by atoms with E-state index in [1.807, 2.05) is 65.6 Å². The fraction of sp³-hybridized carbons (Fsp3) is 0.522. The summed E-state index contributed by atoms with van der Waals surface area (Å²) in [7, 11) is 0. The average molecular weight is 744 g/mol. The Kier molecular flexibility index (Phi) is 11.6. The van der Waals surface area contributed by atoms with Crippen molar-refractivity contribution < 1.29 is 19.2 Å². The summed E-state index contributed by atoms with van der Waals surface area (Å²) in [6, 6.07) is 27.9. The van der Waals surface area contributed by atoms with Crippen molar-refractivity contribution in [3.63, 3.8) is 0 Å². The number of carbonyl (C=O) groups excluding carboxylic acids is 4. The monoisotopic (exact) mass is 743 g/mol. The zero-order valence-corrected chi connectivity index (χ0v) is 32.1. The number of nitrogens with zero attached hydrogens (tertiary/aromatic N) is 3. The second-order valence-electron chi connectivity index (χ2n) is 16.6. The highest BCUT2D eigenvalue weighted by Gasteiger charge is 2.59. The Hall–Kier alpha value is -4.50. The van der Waals surface area contributed by atoms with Gasteiger partial charge in [0.2, 0.25) is 23.6 Å². The lowest BCUT2D eigenvalue weighted by atomic mass is 9.68. The minimum absolute atomic E-state index is 0.0498. The molecular formula is C46H57N5O4. The number of aryl methyl sites for hydroxylation is 2. The molecule has 3 saturated heterocycles. The molecule has 0 aromatic heterocycles. The molecule has 4 amide bonds. The lowest BCUT2D eigenvalue weighted by molar-refractivity contribution is -0.172. The minimum Gasteiger partial charge on any atom is -0.355 e.